The molecule has 0 aliphatic rings. The van der Waals surface area contributed by atoms with Gasteiger partial charge in [0.25, 0.3) is 0 Å². The Balaban J connectivity index is 1.99. The SMILES string of the molecule is CCc1nn(C)c(CNCc2ccc(F)c(Cl)c2)c1Br. The van der Waals surface area contributed by atoms with E-state index in [4.69, 9.17) is 11.6 Å². The van der Waals surface area contributed by atoms with Crippen molar-refractivity contribution in [3.63, 3.8) is 0 Å². The molecule has 6 heteroatoms. The van der Waals surface area contributed by atoms with Crippen LogP contribution in [0.3, 0.4) is 0 Å². The van der Waals surface area contributed by atoms with Gasteiger partial charge < -0.3 is 5.32 Å². The third-order valence-corrected chi connectivity index (χ3v) is 4.31. The molecule has 2 aromatic rings. The van der Waals surface area contributed by atoms with E-state index in [0.717, 1.165) is 27.8 Å². The van der Waals surface area contributed by atoms with Crippen molar-refractivity contribution in [2.45, 2.75) is 26.4 Å². The highest BCUT2D eigenvalue weighted by Gasteiger charge is 2.11. The quantitative estimate of drug-likeness (QED) is 0.878. The van der Waals surface area contributed by atoms with Gasteiger partial charge in [-0.3, -0.25) is 4.68 Å². The maximum Gasteiger partial charge on any atom is 0.141 e. The largest absolute Gasteiger partial charge is 0.307 e. The maximum atomic E-state index is 13.1. The fraction of sp³-hybridized carbons (Fsp3) is 0.357. The van der Waals surface area contributed by atoms with Gasteiger partial charge in [-0.1, -0.05) is 24.6 Å². The van der Waals surface area contributed by atoms with Crippen molar-refractivity contribution >= 4 is 27.5 Å². The molecule has 0 saturated heterocycles. The fourth-order valence-corrected chi connectivity index (χ4v) is 2.95. The van der Waals surface area contributed by atoms with Crippen LogP contribution in [0.25, 0.3) is 0 Å². The number of aryl methyl sites for hydroxylation is 2. The van der Waals surface area contributed by atoms with Crippen LogP contribution in [-0.4, -0.2) is 9.78 Å². The molecular weight excluding hydrogens is 345 g/mol. The van der Waals surface area contributed by atoms with Gasteiger partial charge in [0.15, 0.2) is 0 Å². The van der Waals surface area contributed by atoms with E-state index in [1.54, 1.807) is 12.1 Å². The van der Waals surface area contributed by atoms with Gasteiger partial charge in [-0.2, -0.15) is 5.10 Å². The van der Waals surface area contributed by atoms with Gasteiger partial charge in [-0.25, -0.2) is 4.39 Å². The Morgan fingerprint density at radius 1 is 1.40 bits per heavy atom. The highest BCUT2D eigenvalue weighted by atomic mass is 79.9. The van der Waals surface area contributed by atoms with Crippen LogP contribution in [0.1, 0.15) is 23.9 Å². The third-order valence-electron chi connectivity index (χ3n) is 3.11. The zero-order chi connectivity index (χ0) is 14.7. The molecule has 1 N–H and O–H groups in total. The second kappa shape index (κ2) is 6.70. The minimum absolute atomic E-state index is 0.152. The molecule has 2 rings (SSSR count). The molecule has 1 heterocycles. The van der Waals surface area contributed by atoms with E-state index < -0.39 is 5.82 Å². The molecule has 0 aliphatic heterocycles. The number of halogens is 3. The fourth-order valence-electron chi connectivity index (χ4n) is 1.99. The Morgan fingerprint density at radius 3 is 2.75 bits per heavy atom. The van der Waals surface area contributed by atoms with E-state index in [0.29, 0.717) is 13.1 Å². The third kappa shape index (κ3) is 3.40. The Morgan fingerprint density at radius 2 is 2.15 bits per heavy atom. The van der Waals surface area contributed by atoms with Crippen LogP contribution < -0.4 is 5.32 Å². The molecule has 3 nitrogen and oxygen atoms in total. The van der Waals surface area contributed by atoms with E-state index >= 15 is 0 Å². The first kappa shape index (κ1) is 15.5. The minimum Gasteiger partial charge on any atom is -0.307 e. The zero-order valence-electron chi connectivity index (χ0n) is 11.4. The lowest BCUT2D eigenvalue weighted by Gasteiger charge is -2.07. The van der Waals surface area contributed by atoms with Crippen molar-refractivity contribution in [1.82, 2.24) is 15.1 Å². The van der Waals surface area contributed by atoms with E-state index in [9.17, 15) is 4.39 Å². The van der Waals surface area contributed by atoms with Crippen molar-refractivity contribution in [3.05, 3.63) is 50.5 Å². The highest BCUT2D eigenvalue weighted by Crippen LogP contribution is 2.21. The summed E-state index contributed by atoms with van der Waals surface area (Å²) in [4.78, 5) is 0. The molecular formula is C14H16BrClFN3. The van der Waals surface area contributed by atoms with Crippen LogP contribution in [-0.2, 0) is 26.6 Å². The van der Waals surface area contributed by atoms with E-state index in [1.165, 1.54) is 6.07 Å². The van der Waals surface area contributed by atoms with Crippen molar-refractivity contribution in [2.75, 3.05) is 0 Å². The van der Waals surface area contributed by atoms with Gasteiger partial charge in [-0.15, -0.1) is 0 Å². The topological polar surface area (TPSA) is 29.9 Å². The molecule has 0 atom stereocenters. The normalized spacial score (nSPS) is 11.1. The van der Waals surface area contributed by atoms with Crippen molar-refractivity contribution < 1.29 is 4.39 Å². The molecule has 0 bridgehead atoms. The Labute approximate surface area is 131 Å². The summed E-state index contributed by atoms with van der Waals surface area (Å²) in [7, 11) is 1.93. The molecule has 20 heavy (non-hydrogen) atoms. The number of hydrogen-bond acceptors (Lipinski definition) is 2. The van der Waals surface area contributed by atoms with Crippen LogP contribution in [0, 0.1) is 5.82 Å². The summed E-state index contributed by atoms with van der Waals surface area (Å²) >= 11 is 9.33. The molecule has 1 aromatic heterocycles. The second-order valence-corrected chi connectivity index (χ2v) is 5.74. The summed E-state index contributed by atoms with van der Waals surface area (Å²) in [5.41, 5.74) is 3.09. The zero-order valence-corrected chi connectivity index (χ0v) is 13.7. The lowest BCUT2D eigenvalue weighted by Crippen LogP contribution is -2.15. The highest BCUT2D eigenvalue weighted by molar-refractivity contribution is 9.10. The monoisotopic (exact) mass is 359 g/mol. The Kier molecular flexibility index (Phi) is 5.18. The summed E-state index contributed by atoms with van der Waals surface area (Å²) in [6.07, 6.45) is 0.891. The predicted octanol–water partition coefficient (Wildman–Crippen LogP) is 3.83. The Bertz CT molecular complexity index is 613. The number of nitrogens with one attached hydrogen (secondary N) is 1. The van der Waals surface area contributed by atoms with Gasteiger partial charge in [0.2, 0.25) is 0 Å². The smallest absolute Gasteiger partial charge is 0.141 e. The predicted molar refractivity (Wildman–Crippen MR) is 82.2 cm³/mol. The molecule has 0 amide bonds. The lowest BCUT2D eigenvalue weighted by atomic mass is 10.2. The minimum atomic E-state index is -0.391. The summed E-state index contributed by atoms with van der Waals surface area (Å²) < 4.78 is 16.0. The van der Waals surface area contributed by atoms with Gasteiger partial charge >= 0.3 is 0 Å². The summed E-state index contributed by atoms with van der Waals surface area (Å²) in [5.74, 6) is -0.391. The molecule has 0 unspecified atom stereocenters. The first-order valence-corrected chi connectivity index (χ1v) is 7.55. The number of hydrogen-bond donors (Lipinski definition) is 1. The van der Waals surface area contributed by atoms with Crippen molar-refractivity contribution in [2.24, 2.45) is 7.05 Å². The van der Waals surface area contributed by atoms with E-state index in [-0.39, 0.29) is 5.02 Å². The molecule has 0 fully saturated rings. The van der Waals surface area contributed by atoms with Crippen molar-refractivity contribution in [1.29, 1.82) is 0 Å². The average Bonchev–Trinajstić information content (AvgIpc) is 2.70. The lowest BCUT2D eigenvalue weighted by molar-refractivity contribution is 0.615. The first-order valence-electron chi connectivity index (χ1n) is 6.37. The summed E-state index contributed by atoms with van der Waals surface area (Å²) in [6.45, 7) is 3.38. The molecule has 0 radical (unpaired) electrons. The van der Waals surface area contributed by atoms with Crippen LogP contribution in [0.4, 0.5) is 4.39 Å². The van der Waals surface area contributed by atoms with Gasteiger partial charge in [-0.05, 0) is 40.0 Å². The molecule has 0 spiro atoms. The standard InChI is InChI=1S/C14H16BrClFN3/c1-3-12-14(15)13(20(2)19-12)8-18-7-9-4-5-11(17)10(16)6-9/h4-6,18H,3,7-8H2,1-2H3. The number of nitrogens with zero attached hydrogens (tertiary/aromatic N) is 2. The molecule has 0 saturated carbocycles. The molecule has 0 aliphatic carbocycles. The van der Waals surface area contributed by atoms with Crippen LogP contribution in [0.5, 0.6) is 0 Å². The number of rotatable bonds is 5. The second-order valence-electron chi connectivity index (χ2n) is 4.54. The van der Waals surface area contributed by atoms with Gasteiger partial charge in [0.05, 0.1) is 20.9 Å². The van der Waals surface area contributed by atoms with E-state index in [1.807, 2.05) is 11.7 Å². The molecule has 1 aromatic carbocycles. The van der Waals surface area contributed by atoms with Crippen LogP contribution in [0.2, 0.25) is 5.02 Å². The first-order chi connectivity index (χ1) is 9.52. The Hall–Kier alpha value is -0.910. The van der Waals surface area contributed by atoms with Gasteiger partial charge in [0, 0.05) is 20.1 Å². The van der Waals surface area contributed by atoms with Gasteiger partial charge in [0.1, 0.15) is 5.82 Å². The van der Waals surface area contributed by atoms with Crippen molar-refractivity contribution in [3.8, 4) is 0 Å². The van der Waals surface area contributed by atoms with Crippen LogP contribution >= 0.6 is 27.5 Å². The summed E-state index contributed by atoms with van der Waals surface area (Å²) in [5, 5.41) is 7.90. The molecule has 108 valence electrons. The maximum absolute atomic E-state index is 13.1. The van der Waals surface area contributed by atoms with Crippen LogP contribution in [0.15, 0.2) is 22.7 Å². The van der Waals surface area contributed by atoms with E-state index in [2.05, 4.69) is 33.3 Å². The number of aromatic nitrogens is 2. The average molecular weight is 361 g/mol. The number of benzene rings is 1. The summed E-state index contributed by atoms with van der Waals surface area (Å²) in [6, 6.07) is 4.75.